The highest BCUT2D eigenvalue weighted by Crippen LogP contribution is 2.26. The number of aromatic nitrogens is 1. The van der Waals surface area contributed by atoms with Crippen molar-refractivity contribution in [3.05, 3.63) is 93.9 Å². The molecule has 0 saturated carbocycles. The predicted octanol–water partition coefficient (Wildman–Crippen LogP) is 2.51. The Morgan fingerprint density at radius 1 is 0.794 bits per heavy atom. The summed E-state index contributed by atoms with van der Waals surface area (Å²) in [5.74, 6) is 0.550. The van der Waals surface area contributed by atoms with E-state index >= 15 is 0 Å². The number of piperazine rings is 1. The molecule has 8 heteroatoms. The van der Waals surface area contributed by atoms with Crippen LogP contribution in [0.3, 0.4) is 0 Å². The van der Waals surface area contributed by atoms with Crippen molar-refractivity contribution in [2.75, 3.05) is 40.4 Å². The molecule has 0 aliphatic carbocycles. The van der Waals surface area contributed by atoms with Crippen molar-refractivity contribution in [1.82, 2.24) is 14.4 Å². The molecule has 1 saturated heterocycles. The summed E-state index contributed by atoms with van der Waals surface area (Å²) >= 11 is 0. The molecular weight excluding hydrogens is 434 g/mol. The first-order valence-corrected chi connectivity index (χ1v) is 11.1. The number of hydrogen-bond acceptors (Lipinski definition) is 5. The zero-order valence-electron chi connectivity index (χ0n) is 19.3. The van der Waals surface area contributed by atoms with Crippen LogP contribution >= 0.6 is 0 Å². The molecule has 0 N–H and O–H groups in total. The summed E-state index contributed by atoms with van der Waals surface area (Å²) in [5, 5.41) is 0. The van der Waals surface area contributed by atoms with Crippen molar-refractivity contribution in [2.24, 2.45) is 0 Å². The maximum atomic E-state index is 13.1. The van der Waals surface area contributed by atoms with Crippen LogP contribution in [0.2, 0.25) is 0 Å². The standard InChI is InChI=1S/C26H27N3O5/c1-33-20-10-11-21(23(17-20)34-2)24(30)27-13-15-28(16-14-27)25(31)22-9-6-12-29(26(22)32)18-19-7-4-3-5-8-19/h3-12,17H,13-16,18H2,1-2H3. The van der Waals surface area contributed by atoms with E-state index in [1.807, 2.05) is 30.3 Å². The molecule has 3 aromatic rings. The van der Waals surface area contributed by atoms with Crippen molar-refractivity contribution >= 4 is 11.8 Å². The SMILES string of the molecule is COc1ccc(C(=O)N2CCN(C(=O)c3cccn(Cc4ccccc4)c3=O)CC2)c(OC)c1. The van der Waals surface area contributed by atoms with Crippen LogP contribution in [-0.4, -0.2) is 66.6 Å². The molecule has 0 spiro atoms. The molecule has 2 aromatic carbocycles. The summed E-state index contributed by atoms with van der Waals surface area (Å²) in [6.45, 7) is 1.81. The smallest absolute Gasteiger partial charge is 0.263 e. The van der Waals surface area contributed by atoms with Crippen LogP contribution in [0.1, 0.15) is 26.3 Å². The molecule has 176 valence electrons. The molecule has 1 aromatic heterocycles. The molecule has 2 heterocycles. The lowest BCUT2D eigenvalue weighted by molar-refractivity contribution is 0.0532. The number of methoxy groups -OCH3 is 2. The highest BCUT2D eigenvalue weighted by atomic mass is 16.5. The third-order valence-corrected chi connectivity index (χ3v) is 5.94. The number of carbonyl (C=O) groups excluding carboxylic acids is 2. The van der Waals surface area contributed by atoms with E-state index in [4.69, 9.17) is 9.47 Å². The Bertz CT molecular complexity index is 1230. The number of pyridine rings is 1. The van der Waals surface area contributed by atoms with Crippen molar-refractivity contribution in [2.45, 2.75) is 6.54 Å². The zero-order valence-corrected chi connectivity index (χ0v) is 19.3. The molecule has 34 heavy (non-hydrogen) atoms. The Morgan fingerprint density at radius 2 is 1.44 bits per heavy atom. The van der Waals surface area contributed by atoms with E-state index in [0.717, 1.165) is 5.56 Å². The van der Waals surface area contributed by atoms with Gasteiger partial charge in [0.15, 0.2) is 0 Å². The van der Waals surface area contributed by atoms with Crippen LogP contribution in [0.4, 0.5) is 0 Å². The number of amides is 2. The van der Waals surface area contributed by atoms with Crippen LogP contribution < -0.4 is 15.0 Å². The van der Waals surface area contributed by atoms with Gasteiger partial charge in [0.1, 0.15) is 17.1 Å². The highest BCUT2D eigenvalue weighted by molar-refractivity contribution is 5.98. The average molecular weight is 462 g/mol. The van der Waals surface area contributed by atoms with Crippen molar-refractivity contribution in [3.63, 3.8) is 0 Å². The van der Waals surface area contributed by atoms with Gasteiger partial charge in [-0.1, -0.05) is 30.3 Å². The first-order chi connectivity index (χ1) is 16.5. The minimum atomic E-state index is -0.321. The van der Waals surface area contributed by atoms with E-state index < -0.39 is 0 Å². The van der Waals surface area contributed by atoms with E-state index in [0.29, 0.717) is 49.8 Å². The lowest BCUT2D eigenvalue weighted by atomic mass is 10.1. The third kappa shape index (κ3) is 4.80. The van der Waals surface area contributed by atoms with Crippen molar-refractivity contribution in [3.8, 4) is 11.5 Å². The number of ether oxygens (including phenoxy) is 2. The van der Waals surface area contributed by atoms with Gasteiger partial charge in [-0.15, -0.1) is 0 Å². The Kier molecular flexibility index (Phi) is 6.96. The number of carbonyl (C=O) groups is 2. The maximum absolute atomic E-state index is 13.1. The zero-order chi connectivity index (χ0) is 24.1. The molecule has 4 rings (SSSR count). The molecule has 0 bridgehead atoms. The van der Waals surface area contributed by atoms with Gasteiger partial charge in [-0.05, 0) is 29.8 Å². The largest absolute Gasteiger partial charge is 0.497 e. The second-order valence-electron chi connectivity index (χ2n) is 7.99. The van der Waals surface area contributed by atoms with E-state index in [2.05, 4.69) is 0 Å². The molecule has 1 aliphatic heterocycles. The predicted molar refractivity (Wildman–Crippen MR) is 128 cm³/mol. The number of benzene rings is 2. The Morgan fingerprint density at radius 3 is 2.06 bits per heavy atom. The first-order valence-electron chi connectivity index (χ1n) is 11.1. The van der Waals surface area contributed by atoms with Gasteiger partial charge in [0.05, 0.1) is 26.3 Å². The molecule has 1 aliphatic rings. The lowest BCUT2D eigenvalue weighted by Crippen LogP contribution is -2.51. The molecular formula is C26H27N3O5. The summed E-state index contributed by atoms with van der Waals surface area (Å²) in [7, 11) is 3.06. The van der Waals surface area contributed by atoms with Gasteiger partial charge >= 0.3 is 0 Å². The van der Waals surface area contributed by atoms with Crippen LogP contribution in [0.25, 0.3) is 0 Å². The fraction of sp³-hybridized carbons (Fsp3) is 0.269. The lowest BCUT2D eigenvalue weighted by Gasteiger charge is -2.35. The van der Waals surface area contributed by atoms with Crippen LogP contribution in [-0.2, 0) is 6.54 Å². The van der Waals surface area contributed by atoms with Gasteiger partial charge in [-0.25, -0.2) is 0 Å². The molecule has 2 amide bonds. The quantitative estimate of drug-likeness (QED) is 0.564. The summed E-state index contributed by atoms with van der Waals surface area (Å²) in [6.07, 6.45) is 1.69. The summed E-state index contributed by atoms with van der Waals surface area (Å²) in [4.78, 5) is 42.4. The minimum Gasteiger partial charge on any atom is -0.497 e. The third-order valence-electron chi connectivity index (χ3n) is 5.94. The topological polar surface area (TPSA) is 81.1 Å². The van der Waals surface area contributed by atoms with Gasteiger partial charge in [0.2, 0.25) is 0 Å². The second-order valence-corrected chi connectivity index (χ2v) is 7.99. The summed E-state index contributed by atoms with van der Waals surface area (Å²) in [6, 6.07) is 18.0. The summed E-state index contributed by atoms with van der Waals surface area (Å²) in [5.41, 5.74) is 1.23. The Labute approximate surface area is 197 Å². The van der Waals surface area contributed by atoms with E-state index in [9.17, 15) is 14.4 Å². The van der Waals surface area contributed by atoms with Crippen molar-refractivity contribution in [1.29, 1.82) is 0 Å². The summed E-state index contributed by atoms with van der Waals surface area (Å²) < 4.78 is 12.1. The molecule has 0 radical (unpaired) electrons. The Hall–Kier alpha value is -4.07. The molecule has 1 fully saturated rings. The van der Waals surface area contributed by atoms with Crippen LogP contribution in [0.5, 0.6) is 11.5 Å². The Balaban J connectivity index is 1.44. The maximum Gasteiger partial charge on any atom is 0.263 e. The number of nitrogens with zero attached hydrogens (tertiary/aromatic N) is 3. The molecule has 0 atom stereocenters. The van der Waals surface area contributed by atoms with Crippen LogP contribution in [0.15, 0.2) is 71.7 Å². The van der Waals surface area contributed by atoms with E-state index in [1.54, 1.807) is 53.4 Å². The average Bonchev–Trinajstić information content (AvgIpc) is 2.89. The monoisotopic (exact) mass is 461 g/mol. The first kappa shape index (κ1) is 23.1. The van der Waals surface area contributed by atoms with E-state index in [1.165, 1.54) is 11.7 Å². The van der Waals surface area contributed by atoms with Gasteiger partial charge < -0.3 is 23.8 Å². The molecule has 8 nitrogen and oxygen atoms in total. The van der Waals surface area contributed by atoms with Gasteiger partial charge in [0, 0.05) is 38.4 Å². The van der Waals surface area contributed by atoms with Crippen molar-refractivity contribution < 1.29 is 19.1 Å². The number of rotatable bonds is 6. The molecule has 0 unspecified atom stereocenters. The minimum absolute atomic E-state index is 0.134. The normalized spacial score (nSPS) is 13.5. The van der Waals surface area contributed by atoms with Gasteiger partial charge in [0.25, 0.3) is 17.4 Å². The van der Waals surface area contributed by atoms with Gasteiger partial charge in [-0.3, -0.25) is 14.4 Å². The fourth-order valence-electron chi connectivity index (χ4n) is 4.03. The van der Waals surface area contributed by atoms with Gasteiger partial charge in [-0.2, -0.15) is 0 Å². The highest BCUT2D eigenvalue weighted by Gasteiger charge is 2.28. The van der Waals surface area contributed by atoms with Crippen LogP contribution in [0, 0.1) is 0 Å². The van der Waals surface area contributed by atoms with E-state index in [-0.39, 0.29) is 22.9 Å². The number of hydrogen-bond donors (Lipinski definition) is 0. The fourth-order valence-corrected chi connectivity index (χ4v) is 4.03. The second kappa shape index (κ2) is 10.2.